The third kappa shape index (κ3) is 6.26. The number of likely N-dealkylation sites (N-methyl/N-ethyl adjacent to an activating group) is 1. The third-order valence-electron chi connectivity index (χ3n) is 6.08. The number of nitrogens with zero attached hydrogens (tertiary/aromatic N) is 5. The van der Waals surface area contributed by atoms with Crippen molar-refractivity contribution >= 4 is 17.5 Å². The molecule has 4 rings (SSSR count). The van der Waals surface area contributed by atoms with Gasteiger partial charge in [-0.3, -0.25) is 14.0 Å². The number of aromatic nitrogens is 3. The smallest absolute Gasteiger partial charge is 0.257 e. The van der Waals surface area contributed by atoms with Crippen molar-refractivity contribution in [2.24, 2.45) is 5.73 Å². The Kier molecular flexibility index (Phi) is 8.78. The van der Waals surface area contributed by atoms with Gasteiger partial charge >= 0.3 is 0 Å². The first-order chi connectivity index (χ1) is 16.7. The van der Waals surface area contributed by atoms with Crippen LogP contribution in [0.5, 0.6) is 0 Å². The Balaban J connectivity index is 0.00000361. The highest BCUT2D eigenvalue weighted by atomic mass is 16.5. The number of nitrogens with two attached hydrogens (primary N) is 1. The predicted octanol–water partition coefficient (Wildman–Crippen LogP) is 1.86. The molecule has 3 heterocycles. The average Bonchev–Trinajstić information content (AvgIpc) is 3.28. The maximum atomic E-state index is 13.3. The molecule has 194 valence electrons. The number of fused-ring (bicyclic) bond motifs is 1. The van der Waals surface area contributed by atoms with Crippen LogP contribution in [0.25, 0.3) is 5.65 Å². The van der Waals surface area contributed by atoms with Crippen LogP contribution in [-0.4, -0.2) is 81.6 Å². The van der Waals surface area contributed by atoms with E-state index in [1.54, 1.807) is 36.6 Å². The topological polar surface area (TPSA) is 118 Å². The number of ether oxygens (including phenoxy) is 1. The molecule has 36 heavy (non-hydrogen) atoms. The van der Waals surface area contributed by atoms with Gasteiger partial charge in [-0.15, -0.1) is 10.2 Å². The van der Waals surface area contributed by atoms with E-state index >= 15 is 0 Å². The molecule has 1 aliphatic rings. The quantitative estimate of drug-likeness (QED) is 0.490. The first kappa shape index (κ1) is 27.3. The van der Waals surface area contributed by atoms with E-state index in [4.69, 9.17) is 10.5 Å². The van der Waals surface area contributed by atoms with Crippen LogP contribution in [0.15, 0.2) is 48.7 Å². The van der Waals surface area contributed by atoms with E-state index in [-0.39, 0.29) is 25.8 Å². The highest BCUT2D eigenvalue weighted by molar-refractivity contribution is 5.99. The first-order valence-electron chi connectivity index (χ1n) is 11.8. The molecule has 2 aromatic heterocycles. The van der Waals surface area contributed by atoms with Crippen molar-refractivity contribution < 1.29 is 14.3 Å². The van der Waals surface area contributed by atoms with Gasteiger partial charge in [0.2, 0.25) is 5.91 Å². The molecular formula is C26H37N7O3. The fraction of sp³-hybridized carbons (Fsp3) is 0.462. The van der Waals surface area contributed by atoms with Gasteiger partial charge in [0.05, 0.1) is 24.3 Å². The lowest BCUT2D eigenvalue weighted by atomic mass is 10.1. The van der Waals surface area contributed by atoms with Crippen LogP contribution < -0.4 is 11.1 Å². The van der Waals surface area contributed by atoms with Crippen molar-refractivity contribution in [3.63, 3.8) is 0 Å². The van der Waals surface area contributed by atoms with Crippen LogP contribution in [0, 0.1) is 0 Å². The van der Waals surface area contributed by atoms with Gasteiger partial charge in [-0.25, -0.2) is 0 Å². The second-order valence-corrected chi connectivity index (χ2v) is 9.52. The van der Waals surface area contributed by atoms with Crippen LogP contribution in [0.2, 0.25) is 0 Å². The molecule has 0 radical (unpaired) electrons. The maximum absolute atomic E-state index is 13.3. The normalized spacial score (nSPS) is 15.4. The summed E-state index contributed by atoms with van der Waals surface area (Å²) in [6.45, 7) is 6.79. The highest BCUT2D eigenvalue weighted by Crippen LogP contribution is 2.19. The molecule has 1 atom stereocenters. The largest absolute Gasteiger partial charge is 0.374 e. The number of hydrogen-bond donors (Lipinski definition) is 2. The summed E-state index contributed by atoms with van der Waals surface area (Å²) < 4.78 is 7.67. The summed E-state index contributed by atoms with van der Waals surface area (Å²) in [4.78, 5) is 30.0. The Bertz CT molecular complexity index is 1170. The third-order valence-corrected chi connectivity index (χ3v) is 6.08. The number of pyridine rings is 1. The summed E-state index contributed by atoms with van der Waals surface area (Å²) in [7, 11) is 2.05. The van der Waals surface area contributed by atoms with Gasteiger partial charge in [-0.2, -0.15) is 0 Å². The average molecular weight is 496 g/mol. The summed E-state index contributed by atoms with van der Waals surface area (Å²) in [5.74, 6) is 0.0533. The molecule has 1 aliphatic heterocycles. The highest BCUT2D eigenvalue weighted by Gasteiger charge is 2.29. The number of carbonyl (C=O) groups excluding carboxylic acids is 2. The summed E-state index contributed by atoms with van der Waals surface area (Å²) in [5, 5.41) is 11.6. The lowest BCUT2D eigenvalue weighted by Gasteiger charge is -2.32. The molecule has 1 aromatic carbocycles. The second-order valence-electron chi connectivity index (χ2n) is 9.52. The zero-order chi connectivity index (χ0) is 25.0. The van der Waals surface area contributed by atoms with E-state index in [1.807, 2.05) is 42.3 Å². The van der Waals surface area contributed by atoms with E-state index < -0.39 is 11.6 Å². The van der Waals surface area contributed by atoms with Gasteiger partial charge in [0.25, 0.3) is 5.91 Å². The molecule has 0 spiro atoms. The minimum absolute atomic E-state index is 0. The number of benzene rings is 1. The van der Waals surface area contributed by atoms with Crippen molar-refractivity contribution in [1.29, 1.82) is 0 Å². The molecular weight excluding hydrogens is 458 g/mol. The van der Waals surface area contributed by atoms with Crippen molar-refractivity contribution in [3.05, 3.63) is 65.6 Å². The number of piperazine rings is 1. The van der Waals surface area contributed by atoms with Crippen molar-refractivity contribution in [3.8, 4) is 0 Å². The van der Waals surface area contributed by atoms with Crippen LogP contribution >= 0.6 is 0 Å². The zero-order valence-corrected chi connectivity index (χ0v) is 20.5. The molecule has 3 aromatic rings. The maximum Gasteiger partial charge on any atom is 0.257 e. The summed E-state index contributed by atoms with van der Waals surface area (Å²) in [5.41, 5.74) is 6.88. The van der Waals surface area contributed by atoms with Gasteiger partial charge in [0.1, 0.15) is 6.04 Å². The molecule has 0 bridgehead atoms. The van der Waals surface area contributed by atoms with Crippen LogP contribution in [0.1, 0.15) is 49.1 Å². The number of nitrogens with one attached hydrogen (secondary N) is 1. The van der Waals surface area contributed by atoms with Crippen molar-refractivity contribution in [2.45, 2.75) is 39.5 Å². The van der Waals surface area contributed by atoms with Gasteiger partial charge in [0.15, 0.2) is 11.5 Å². The Morgan fingerprint density at radius 1 is 1.08 bits per heavy atom. The van der Waals surface area contributed by atoms with Crippen LogP contribution in [0.4, 0.5) is 0 Å². The molecule has 1 fully saturated rings. The molecule has 10 nitrogen and oxygen atoms in total. The molecule has 2 amide bonds. The van der Waals surface area contributed by atoms with E-state index in [0.717, 1.165) is 18.7 Å². The second kappa shape index (κ2) is 11.6. The zero-order valence-electron chi connectivity index (χ0n) is 20.5. The van der Waals surface area contributed by atoms with E-state index in [9.17, 15) is 9.59 Å². The molecule has 1 saturated heterocycles. The monoisotopic (exact) mass is 495 g/mol. The van der Waals surface area contributed by atoms with Crippen LogP contribution in [-0.2, 0) is 16.1 Å². The molecule has 10 heteroatoms. The van der Waals surface area contributed by atoms with Crippen molar-refractivity contribution in [2.75, 3.05) is 39.8 Å². The fourth-order valence-electron chi connectivity index (χ4n) is 3.91. The molecule has 3 N–H and O–H groups in total. The van der Waals surface area contributed by atoms with E-state index in [1.165, 1.54) is 0 Å². The summed E-state index contributed by atoms with van der Waals surface area (Å²) in [6.07, 6.45) is 1.79. The number of carbonyl (C=O) groups is 2. The summed E-state index contributed by atoms with van der Waals surface area (Å²) in [6, 6.07) is 12.7. The fourth-order valence-corrected chi connectivity index (χ4v) is 3.91. The van der Waals surface area contributed by atoms with E-state index in [0.29, 0.717) is 36.7 Å². The Morgan fingerprint density at radius 3 is 2.44 bits per heavy atom. The van der Waals surface area contributed by atoms with Gasteiger partial charge < -0.3 is 25.6 Å². The summed E-state index contributed by atoms with van der Waals surface area (Å²) >= 11 is 0. The lowest BCUT2D eigenvalue weighted by Crippen LogP contribution is -2.51. The van der Waals surface area contributed by atoms with Gasteiger partial charge in [-0.1, -0.05) is 37.8 Å². The number of hydrogen-bond acceptors (Lipinski definition) is 7. The van der Waals surface area contributed by atoms with Crippen molar-refractivity contribution in [1.82, 2.24) is 29.7 Å². The molecule has 0 aliphatic carbocycles. The predicted molar refractivity (Wildman–Crippen MR) is 138 cm³/mol. The lowest BCUT2D eigenvalue weighted by molar-refractivity contribution is -0.126. The number of rotatable bonds is 8. The van der Waals surface area contributed by atoms with E-state index in [2.05, 4.69) is 20.4 Å². The molecule has 0 saturated carbocycles. The Morgan fingerprint density at radius 2 is 1.78 bits per heavy atom. The standard InChI is InChI=1S/C25H33N7O3.CH4/c1-25(2,26)24(34)27-20(17-35-16-18-8-5-4-6-9-18)22-29-28-21-19(10-7-11-32(21)22)23(33)31-14-12-30(3)13-15-31;/h4-11,20H,12-17,26H2,1-3H3,(H,27,34);1H4/t20-;/m1./s1. The Hall–Kier alpha value is -3.34. The van der Waals surface area contributed by atoms with Crippen LogP contribution in [0.3, 0.4) is 0 Å². The minimum atomic E-state index is -1.08. The van der Waals surface area contributed by atoms with Gasteiger partial charge in [-0.05, 0) is 38.6 Å². The molecule has 0 unspecified atom stereocenters. The Labute approximate surface area is 212 Å². The van der Waals surface area contributed by atoms with Gasteiger partial charge in [0, 0.05) is 32.4 Å². The number of amides is 2. The SMILES string of the molecule is C.CN1CCN(C(=O)c2cccn3c([C@@H](COCc4ccccc4)NC(=O)C(C)(C)N)nnc23)CC1. The first-order valence-corrected chi connectivity index (χ1v) is 11.8. The minimum Gasteiger partial charge on any atom is -0.374 e.